The van der Waals surface area contributed by atoms with Crippen LogP contribution >= 0.6 is 15.9 Å². The molecule has 6 heteroatoms. The molecule has 0 fully saturated rings. The fraction of sp³-hybridized carbons (Fsp3) is 0.227. The van der Waals surface area contributed by atoms with E-state index in [2.05, 4.69) is 31.1 Å². The quantitative estimate of drug-likeness (QED) is 0.666. The number of halogens is 1. The summed E-state index contributed by atoms with van der Waals surface area (Å²) in [6, 6.07) is 14.4. The van der Waals surface area contributed by atoms with Crippen molar-refractivity contribution in [3.05, 3.63) is 81.3 Å². The molecule has 0 spiro atoms. The van der Waals surface area contributed by atoms with Crippen LogP contribution in [0.25, 0.3) is 4.85 Å². The van der Waals surface area contributed by atoms with Crippen molar-refractivity contribution in [2.45, 2.75) is 25.8 Å². The number of methoxy groups -OCH3 is 1. The molecule has 1 aliphatic rings. The first kappa shape index (κ1) is 19.8. The zero-order valence-corrected chi connectivity index (χ0v) is 17.4. The minimum atomic E-state index is -0.525. The molecule has 28 heavy (non-hydrogen) atoms. The first-order valence-electron chi connectivity index (χ1n) is 8.78. The summed E-state index contributed by atoms with van der Waals surface area (Å²) < 4.78 is 6.27. The maximum absolute atomic E-state index is 13.3. The Kier molecular flexibility index (Phi) is 5.96. The predicted molar refractivity (Wildman–Crippen MR) is 115 cm³/mol. The lowest BCUT2D eigenvalue weighted by molar-refractivity contribution is -0.113. The largest absolute Gasteiger partial charge is 0.495 e. The van der Waals surface area contributed by atoms with E-state index < -0.39 is 12.0 Å². The maximum Gasteiger partial charge on any atom is 0.272 e. The number of hydrogen-bond acceptors (Lipinski definition) is 3. The lowest BCUT2D eigenvalue weighted by atomic mass is 9.80. The minimum Gasteiger partial charge on any atom is -0.495 e. The van der Waals surface area contributed by atoms with Crippen molar-refractivity contribution in [1.29, 1.82) is 0 Å². The Morgan fingerprint density at radius 3 is 2.50 bits per heavy atom. The molecule has 0 radical (unpaired) electrons. The van der Waals surface area contributed by atoms with E-state index in [0.29, 0.717) is 28.4 Å². The van der Waals surface area contributed by atoms with Crippen molar-refractivity contribution in [2.24, 2.45) is 4.99 Å². The standard InChI is InChI=1S/C22H20BrN3O2/c1-13-19(22(27)26-17-7-5-6-8-18(17)28-4)20(21(24-3)14(2)25-13)15-9-11-16(23)12-10-15/h5-12,20-21H,1-2,4H3,(H,26,27). The number of allylic oxidation sites excluding steroid dienone is 1. The van der Waals surface area contributed by atoms with Crippen molar-refractivity contribution < 1.29 is 9.53 Å². The van der Waals surface area contributed by atoms with E-state index in [0.717, 1.165) is 10.0 Å². The highest BCUT2D eigenvalue weighted by Gasteiger charge is 2.41. The fourth-order valence-corrected chi connectivity index (χ4v) is 3.71. The molecule has 142 valence electrons. The molecule has 2 atom stereocenters. The van der Waals surface area contributed by atoms with Crippen molar-refractivity contribution in [2.75, 3.05) is 12.4 Å². The molecule has 2 aromatic carbocycles. The number of anilines is 1. The summed E-state index contributed by atoms with van der Waals surface area (Å²) >= 11 is 3.44. The number of hydrogen-bond donors (Lipinski definition) is 1. The Morgan fingerprint density at radius 2 is 1.86 bits per heavy atom. The third-order valence-electron chi connectivity index (χ3n) is 4.76. The summed E-state index contributed by atoms with van der Waals surface area (Å²) in [5, 5.41) is 2.93. The third-order valence-corrected chi connectivity index (χ3v) is 5.29. The molecule has 0 aromatic heterocycles. The molecule has 0 aliphatic carbocycles. The number of benzene rings is 2. The molecular formula is C22H20BrN3O2. The van der Waals surface area contributed by atoms with Crippen LogP contribution in [0.3, 0.4) is 0 Å². The normalized spacial score (nSPS) is 18.9. The van der Waals surface area contributed by atoms with Crippen molar-refractivity contribution >= 4 is 33.2 Å². The van der Waals surface area contributed by atoms with Gasteiger partial charge in [0.25, 0.3) is 11.9 Å². The molecule has 2 aromatic rings. The van der Waals surface area contributed by atoms with Gasteiger partial charge in [0, 0.05) is 10.2 Å². The highest BCUT2D eigenvalue weighted by molar-refractivity contribution is 9.10. The van der Waals surface area contributed by atoms with E-state index >= 15 is 0 Å². The Balaban J connectivity index is 2.06. The van der Waals surface area contributed by atoms with Crippen LogP contribution in [-0.4, -0.2) is 24.8 Å². The number of para-hydroxylation sites is 2. The van der Waals surface area contributed by atoms with E-state index in [1.807, 2.05) is 50.2 Å². The smallest absolute Gasteiger partial charge is 0.272 e. The van der Waals surface area contributed by atoms with Gasteiger partial charge in [0.15, 0.2) is 0 Å². The number of carbonyl (C=O) groups excluding carboxylic acids is 1. The zero-order chi connectivity index (χ0) is 20.3. The van der Waals surface area contributed by atoms with E-state index in [1.54, 1.807) is 19.2 Å². The van der Waals surface area contributed by atoms with Gasteiger partial charge in [0.1, 0.15) is 5.75 Å². The van der Waals surface area contributed by atoms with Gasteiger partial charge in [-0.1, -0.05) is 40.2 Å². The molecular weight excluding hydrogens is 418 g/mol. The van der Waals surface area contributed by atoms with E-state index in [4.69, 9.17) is 11.3 Å². The molecule has 1 heterocycles. The summed E-state index contributed by atoms with van der Waals surface area (Å²) in [5.41, 5.74) is 3.32. The van der Waals surface area contributed by atoms with Crippen LogP contribution in [0, 0.1) is 6.57 Å². The minimum absolute atomic E-state index is 0.278. The molecule has 0 saturated carbocycles. The second kappa shape index (κ2) is 8.41. The maximum atomic E-state index is 13.3. The van der Waals surface area contributed by atoms with Crippen molar-refractivity contribution in [1.82, 2.24) is 0 Å². The monoisotopic (exact) mass is 437 g/mol. The molecule has 1 aliphatic heterocycles. The summed E-state index contributed by atoms with van der Waals surface area (Å²) in [5.74, 6) is -0.0934. The molecule has 0 bridgehead atoms. The Hall–Kier alpha value is -2.91. The highest BCUT2D eigenvalue weighted by atomic mass is 79.9. The van der Waals surface area contributed by atoms with Crippen LogP contribution in [0.15, 0.2) is 69.3 Å². The highest BCUT2D eigenvalue weighted by Crippen LogP contribution is 2.38. The summed E-state index contributed by atoms with van der Waals surface area (Å²) in [6.07, 6.45) is 0. The molecule has 5 nitrogen and oxygen atoms in total. The lowest BCUT2D eigenvalue weighted by Gasteiger charge is -2.26. The van der Waals surface area contributed by atoms with Crippen LogP contribution in [0.1, 0.15) is 25.3 Å². The molecule has 3 rings (SSSR count). The van der Waals surface area contributed by atoms with Crippen LogP contribution < -0.4 is 10.1 Å². The second-order valence-corrected chi connectivity index (χ2v) is 7.43. The average molecular weight is 438 g/mol. The number of amides is 1. The second-order valence-electron chi connectivity index (χ2n) is 6.51. The van der Waals surface area contributed by atoms with Gasteiger partial charge < -0.3 is 14.9 Å². The first-order valence-corrected chi connectivity index (χ1v) is 9.58. The summed E-state index contributed by atoms with van der Waals surface area (Å²) in [7, 11) is 1.56. The molecule has 1 N–H and O–H groups in total. The lowest BCUT2D eigenvalue weighted by Crippen LogP contribution is -2.33. The molecule has 0 saturated heterocycles. The van der Waals surface area contributed by atoms with Crippen LogP contribution in [0.2, 0.25) is 0 Å². The van der Waals surface area contributed by atoms with Crippen LogP contribution in [-0.2, 0) is 4.79 Å². The number of aliphatic imine (C=N–C) groups is 1. The predicted octanol–water partition coefficient (Wildman–Crippen LogP) is 5.22. The number of ether oxygens (including phenoxy) is 1. The average Bonchev–Trinajstić information content (AvgIpc) is 2.68. The first-order chi connectivity index (χ1) is 13.5. The van der Waals surface area contributed by atoms with Gasteiger partial charge in [-0.25, -0.2) is 6.57 Å². The van der Waals surface area contributed by atoms with Gasteiger partial charge in [-0.2, -0.15) is 0 Å². The van der Waals surface area contributed by atoms with Gasteiger partial charge in [-0.15, -0.1) is 0 Å². The SMILES string of the molecule is [C-]#[N+]C1C(C)=NC(C)=C(C(=O)Nc2ccccc2OC)C1c1ccc(Br)cc1. The summed E-state index contributed by atoms with van der Waals surface area (Å²) in [6.45, 7) is 11.3. The third kappa shape index (κ3) is 3.85. The van der Waals surface area contributed by atoms with E-state index in [-0.39, 0.29) is 5.91 Å². The van der Waals surface area contributed by atoms with Crippen LogP contribution in [0.5, 0.6) is 5.75 Å². The van der Waals surface area contributed by atoms with E-state index in [1.165, 1.54) is 0 Å². The zero-order valence-electron chi connectivity index (χ0n) is 15.9. The number of nitrogens with one attached hydrogen (secondary N) is 1. The topological polar surface area (TPSA) is 55.0 Å². The van der Waals surface area contributed by atoms with Crippen molar-refractivity contribution in [3.63, 3.8) is 0 Å². The Morgan fingerprint density at radius 1 is 1.18 bits per heavy atom. The fourth-order valence-electron chi connectivity index (χ4n) is 3.45. The molecule has 1 amide bonds. The summed E-state index contributed by atoms with van der Waals surface area (Å²) in [4.78, 5) is 21.5. The van der Waals surface area contributed by atoms with Gasteiger partial charge in [-0.05, 0) is 43.7 Å². The van der Waals surface area contributed by atoms with Gasteiger partial charge in [0.2, 0.25) is 0 Å². The van der Waals surface area contributed by atoms with Gasteiger partial charge in [0.05, 0.1) is 30.0 Å². The van der Waals surface area contributed by atoms with E-state index in [9.17, 15) is 4.79 Å². The van der Waals surface area contributed by atoms with Crippen molar-refractivity contribution in [3.8, 4) is 5.75 Å². The Labute approximate surface area is 173 Å². The van der Waals surface area contributed by atoms with Crippen LogP contribution in [0.4, 0.5) is 5.69 Å². The number of carbonyl (C=O) groups is 1. The number of nitrogens with zero attached hydrogens (tertiary/aromatic N) is 2. The van der Waals surface area contributed by atoms with Gasteiger partial charge in [-0.3, -0.25) is 9.79 Å². The van der Waals surface area contributed by atoms with Gasteiger partial charge >= 0.3 is 0 Å². The number of rotatable bonds is 4. The molecule has 2 unspecified atom stereocenters. The Bertz CT molecular complexity index is 1000.